The van der Waals surface area contributed by atoms with Crippen LogP contribution in [0.25, 0.3) is 0 Å². The van der Waals surface area contributed by atoms with E-state index < -0.39 is 0 Å². The van der Waals surface area contributed by atoms with E-state index >= 15 is 0 Å². The van der Waals surface area contributed by atoms with E-state index in [-0.39, 0.29) is 0 Å². The summed E-state index contributed by atoms with van der Waals surface area (Å²) in [4.78, 5) is 6.58. The molecule has 0 bridgehead atoms. The summed E-state index contributed by atoms with van der Waals surface area (Å²) in [7, 11) is 1.65. The van der Waals surface area contributed by atoms with Crippen LogP contribution in [0.15, 0.2) is 30.7 Å². The lowest BCUT2D eigenvalue weighted by molar-refractivity contribution is 0.0368. The zero-order valence-corrected chi connectivity index (χ0v) is 20.0. The van der Waals surface area contributed by atoms with Crippen molar-refractivity contribution in [2.45, 2.75) is 32.7 Å². The lowest BCUT2D eigenvalue weighted by atomic mass is 10.2. The van der Waals surface area contributed by atoms with E-state index in [1.54, 1.807) is 7.11 Å². The molecule has 8 nitrogen and oxygen atoms in total. The Morgan fingerprint density at radius 1 is 1.16 bits per heavy atom. The molecule has 0 saturated carbocycles. The highest BCUT2D eigenvalue weighted by atomic mass is 32.1. The van der Waals surface area contributed by atoms with Gasteiger partial charge in [0.05, 0.1) is 33.3 Å². The molecule has 0 unspecified atom stereocenters. The first-order valence-electron chi connectivity index (χ1n) is 11.3. The molecular formula is C23H35N5O3S. The average Bonchev–Trinajstić information content (AvgIpc) is 3.22. The molecule has 2 N–H and O–H groups in total. The predicted molar refractivity (Wildman–Crippen MR) is 131 cm³/mol. The monoisotopic (exact) mass is 461 g/mol. The standard InChI is InChI=1S/C23H35N5O3S/c1-19-17-24-18-28(19)10-5-8-25-23(32)26-20-6-7-21(22(16-20)29-2)31-13-4-3-9-27-11-14-30-15-12-27/h6-7,16-18H,3-5,8-15H2,1-2H3,(H2,25,26,32). The van der Waals surface area contributed by atoms with Gasteiger partial charge in [-0.05, 0) is 57.1 Å². The highest BCUT2D eigenvalue weighted by Gasteiger charge is 2.10. The Kier molecular flexibility index (Phi) is 10.1. The fraction of sp³-hybridized carbons (Fsp3) is 0.565. The van der Waals surface area contributed by atoms with Gasteiger partial charge in [-0.15, -0.1) is 0 Å². The van der Waals surface area contributed by atoms with E-state index in [2.05, 4.69) is 32.0 Å². The average molecular weight is 462 g/mol. The number of anilines is 1. The number of hydrogen-bond acceptors (Lipinski definition) is 6. The summed E-state index contributed by atoms with van der Waals surface area (Å²) in [5.74, 6) is 1.44. The minimum absolute atomic E-state index is 0.589. The fourth-order valence-corrected chi connectivity index (χ4v) is 3.78. The summed E-state index contributed by atoms with van der Waals surface area (Å²) < 4.78 is 19.0. The molecule has 1 fully saturated rings. The number of thiocarbonyl (C=S) groups is 1. The van der Waals surface area contributed by atoms with E-state index in [9.17, 15) is 0 Å². The lowest BCUT2D eigenvalue weighted by Gasteiger charge is -2.26. The molecule has 0 radical (unpaired) electrons. The van der Waals surface area contributed by atoms with Gasteiger partial charge in [0.1, 0.15) is 0 Å². The van der Waals surface area contributed by atoms with Crippen molar-refractivity contribution in [1.82, 2.24) is 19.8 Å². The van der Waals surface area contributed by atoms with Gasteiger partial charge in [-0.1, -0.05) is 0 Å². The Balaban J connectivity index is 1.35. The number of ether oxygens (including phenoxy) is 3. The Hall–Kier alpha value is -2.36. The van der Waals surface area contributed by atoms with Gasteiger partial charge in [0.25, 0.3) is 0 Å². The summed E-state index contributed by atoms with van der Waals surface area (Å²) in [6, 6.07) is 5.79. The first-order valence-corrected chi connectivity index (χ1v) is 11.7. The summed E-state index contributed by atoms with van der Waals surface area (Å²) in [5, 5.41) is 7.04. The molecule has 0 atom stereocenters. The number of hydrogen-bond donors (Lipinski definition) is 2. The van der Waals surface area contributed by atoms with Gasteiger partial charge < -0.3 is 29.4 Å². The number of nitrogens with zero attached hydrogens (tertiary/aromatic N) is 3. The summed E-state index contributed by atoms with van der Waals surface area (Å²) in [6.07, 6.45) is 6.80. The molecule has 1 aliphatic heterocycles. The first-order chi connectivity index (χ1) is 15.7. The zero-order chi connectivity index (χ0) is 22.6. The minimum Gasteiger partial charge on any atom is -0.493 e. The van der Waals surface area contributed by atoms with Crippen LogP contribution in [0.1, 0.15) is 25.0 Å². The molecule has 32 heavy (non-hydrogen) atoms. The van der Waals surface area contributed by atoms with E-state index in [4.69, 9.17) is 26.4 Å². The molecule has 176 valence electrons. The Morgan fingerprint density at radius 2 is 2.00 bits per heavy atom. The minimum atomic E-state index is 0.589. The van der Waals surface area contributed by atoms with Crippen LogP contribution in [0.2, 0.25) is 0 Å². The SMILES string of the molecule is COc1cc(NC(=S)NCCCn2cncc2C)ccc1OCCCCN1CCOCC1. The third kappa shape index (κ3) is 7.96. The van der Waals surface area contributed by atoms with E-state index in [0.717, 1.165) is 82.3 Å². The van der Waals surface area contributed by atoms with Crippen LogP contribution in [0.4, 0.5) is 5.69 Å². The molecule has 1 aromatic carbocycles. The van der Waals surface area contributed by atoms with E-state index in [1.165, 1.54) is 0 Å². The number of unbranched alkanes of at least 4 members (excludes halogenated alkanes) is 1. The molecule has 9 heteroatoms. The molecule has 1 aliphatic rings. The van der Waals surface area contributed by atoms with Crippen LogP contribution in [-0.4, -0.2) is 72.7 Å². The first kappa shape index (κ1) is 24.3. The van der Waals surface area contributed by atoms with Crippen LogP contribution in [0.5, 0.6) is 11.5 Å². The van der Waals surface area contributed by atoms with E-state index in [1.807, 2.05) is 30.7 Å². The van der Waals surface area contributed by atoms with Gasteiger partial charge in [-0.25, -0.2) is 4.98 Å². The number of aromatic nitrogens is 2. The van der Waals surface area contributed by atoms with Crippen molar-refractivity contribution in [3.63, 3.8) is 0 Å². The van der Waals surface area contributed by atoms with Crippen molar-refractivity contribution in [1.29, 1.82) is 0 Å². The van der Waals surface area contributed by atoms with Crippen LogP contribution < -0.4 is 20.1 Å². The Labute approximate surface area is 196 Å². The third-order valence-electron chi connectivity index (χ3n) is 5.43. The van der Waals surface area contributed by atoms with Crippen molar-refractivity contribution in [2.24, 2.45) is 0 Å². The zero-order valence-electron chi connectivity index (χ0n) is 19.1. The van der Waals surface area contributed by atoms with Crippen molar-refractivity contribution in [3.8, 4) is 11.5 Å². The second-order valence-electron chi connectivity index (χ2n) is 7.84. The predicted octanol–water partition coefficient (Wildman–Crippen LogP) is 3.07. The number of benzene rings is 1. The number of nitrogens with one attached hydrogen (secondary N) is 2. The Morgan fingerprint density at radius 3 is 2.75 bits per heavy atom. The van der Waals surface area contributed by atoms with Crippen LogP contribution >= 0.6 is 12.2 Å². The summed E-state index contributed by atoms with van der Waals surface area (Å²) in [6.45, 7) is 9.27. The number of methoxy groups -OCH3 is 1. The number of imidazole rings is 1. The molecule has 1 aromatic heterocycles. The highest BCUT2D eigenvalue weighted by molar-refractivity contribution is 7.80. The Bertz CT molecular complexity index is 839. The van der Waals surface area contributed by atoms with Crippen molar-refractivity contribution < 1.29 is 14.2 Å². The maximum Gasteiger partial charge on any atom is 0.170 e. The van der Waals surface area contributed by atoms with Crippen LogP contribution in [0, 0.1) is 6.92 Å². The van der Waals surface area contributed by atoms with Crippen molar-refractivity contribution in [3.05, 3.63) is 36.4 Å². The van der Waals surface area contributed by atoms with Crippen molar-refractivity contribution in [2.75, 3.05) is 58.4 Å². The highest BCUT2D eigenvalue weighted by Crippen LogP contribution is 2.30. The molecule has 0 spiro atoms. The lowest BCUT2D eigenvalue weighted by Crippen LogP contribution is -2.36. The van der Waals surface area contributed by atoms with Crippen LogP contribution in [0.3, 0.4) is 0 Å². The van der Waals surface area contributed by atoms with Gasteiger partial charge in [-0.3, -0.25) is 4.90 Å². The quantitative estimate of drug-likeness (QED) is 0.369. The second-order valence-corrected chi connectivity index (χ2v) is 8.25. The maximum atomic E-state index is 5.95. The van der Waals surface area contributed by atoms with E-state index in [0.29, 0.717) is 17.5 Å². The van der Waals surface area contributed by atoms with Crippen molar-refractivity contribution >= 4 is 23.0 Å². The smallest absolute Gasteiger partial charge is 0.170 e. The fourth-order valence-electron chi connectivity index (χ4n) is 3.56. The third-order valence-corrected chi connectivity index (χ3v) is 5.68. The number of morpholine rings is 1. The van der Waals surface area contributed by atoms with Gasteiger partial charge in [0, 0.05) is 49.8 Å². The largest absolute Gasteiger partial charge is 0.493 e. The molecule has 2 heterocycles. The molecule has 0 amide bonds. The maximum absolute atomic E-state index is 5.95. The molecule has 0 aliphatic carbocycles. The van der Waals surface area contributed by atoms with Gasteiger partial charge >= 0.3 is 0 Å². The normalized spacial score (nSPS) is 14.2. The second kappa shape index (κ2) is 13.2. The summed E-state index contributed by atoms with van der Waals surface area (Å²) >= 11 is 5.42. The number of rotatable bonds is 12. The summed E-state index contributed by atoms with van der Waals surface area (Å²) in [5.41, 5.74) is 2.03. The molecule has 3 rings (SSSR count). The van der Waals surface area contributed by atoms with Gasteiger partial charge in [0.15, 0.2) is 16.6 Å². The van der Waals surface area contributed by atoms with Crippen LogP contribution in [-0.2, 0) is 11.3 Å². The topological polar surface area (TPSA) is 72.8 Å². The molecular weight excluding hydrogens is 426 g/mol. The molecule has 1 saturated heterocycles. The van der Waals surface area contributed by atoms with Gasteiger partial charge in [-0.2, -0.15) is 0 Å². The van der Waals surface area contributed by atoms with Gasteiger partial charge in [0.2, 0.25) is 0 Å². The molecule has 2 aromatic rings. The number of aryl methyl sites for hydroxylation is 2.